The lowest BCUT2D eigenvalue weighted by atomic mass is 9.97. The second-order valence-electron chi connectivity index (χ2n) is 5.87. The summed E-state index contributed by atoms with van der Waals surface area (Å²) < 4.78 is 0. The number of rotatable bonds is 15. The standard InChI is InChI=1S/C17H34O3/c1-2-3-4-5-6-7-8-9-10-11-12-13-16(14-15-18)17(19)20/h16,18H,2-15H2,1H3,(H,19,20). The van der Waals surface area contributed by atoms with Crippen molar-refractivity contribution in [2.45, 2.75) is 90.4 Å². The fraction of sp³-hybridized carbons (Fsp3) is 0.941. The maximum absolute atomic E-state index is 10.9. The number of carbonyl (C=O) groups is 1. The predicted octanol–water partition coefficient (Wildman–Crippen LogP) is 4.77. The molecule has 0 aromatic rings. The maximum atomic E-state index is 10.9. The first kappa shape index (κ1) is 19.4. The Morgan fingerprint density at radius 2 is 1.25 bits per heavy atom. The highest BCUT2D eigenvalue weighted by atomic mass is 16.4. The van der Waals surface area contributed by atoms with E-state index in [1.165, 1.54) is 57.8 Å². The minimum Gasteiger partial charge on any atom is -0.481 e. The summed E-state index contributed by atoms with van der Waals surface area (Å²) in [6, 6.07) is 0. The lowest BCUT2D eigenvalue weighted by molar-refractivity contribution is -0.142. The highest BCUT2D eigenvalue weighted by Crippen LogP contribution is 2.16. The summed E-state index contributed by atoms with van der Waals surface area (Å²) in [5.74, 6) is -1.11. The van der Waals surface area contributed by atoms with E-state index in [0.717, 1.165) is 12.8 Å². The zero-order valence-electron chi connectivity index (χ0n) is 13.3. The number of carboxylic acids is 1. The minimum absolute atomic E-state index is 0.0189. The molecule has 0 radical (unpaired) electrons. The molecule has 0 saturated carbocycles. The van der Waals surface area contributed by atoms with Crippen LogP contribution in [0.3, 0.4) is 0 Å². The van der Waals surface area contributed by atoms with Crippen molar-refractivity contribution in [1.29, 1.82) is 0 Å². The first-order valence-electron chi connectivity index (χ1n) is 8.56. The van der Waals surface area contributed by atoms with Gasteiger partial charge in [0.2, 0.25) is 0 Å². The zero-order valence-corrected chi connectivity index (χ0v) is 13.3. The molecule has 120 valence electrons. The van der Waals surface area contributed by atoms with Gasteiger partial charge in [0, 0.05) is 6.61 Å². The molecule has 0 amide bonds. The van der Waals surface area contributed by atoms with Gasteiger partial charge in [0.25, 0.3) is 0 Å². The summed E-state index contributed by atoms with van der Waals surface area (Å²) in [5, 5.41) is 17.8. The number of aliphatic hydroxyl groups is 1. The molecule has 0 rings (SSSR count). The van der Waals surface area contributed by atoms with Crippen LogP contribution in [0.4, 0.5) is 0 Å². The quantitative estimate of drug-likeness (QED) is 0.426. The fourth-order valence-electron chi connectivity index (χ4n) is 2.60. The summed E-state index contributed by atoms with van der Waals surface area (Å²) in [6.07, 6.45) is 15.2. The van der Waals surface area contributed by atoms with Gasteiger partial charge in [-0.15, -0.1) is 0 Å². The number of unbranched alkanes of at least 4 members (excludes halogenated alkanes) is 10. The van der Waals surface area contributed by atoms with Crippen LogP contribution in [0.1, 0.15) is 90.4 Å². The van der Waals surface area contributed by atoms with Crippen LogP contribution in [0.25, 0.3) is 0 Å². The Hall–Kier alpha value is -0.570. The van der Waals surface area contributed by atoms with Crippen molar-refractivity contribution in [1.82, 2.24) is 0 Å². The Morgan fingerprint density at radius 3 is 1.65 bits per heavy atom. The summed E-state index contributed by atoms with van der Waals surface area (Å²) in [4.78, 5) is 10.9. The number of carboxylic acid groups (broad SMARTS) is 1. The van der Waals surface area contributed by atoms with Gasteiger partial charge in [-0.3, -0.25) is 4.79 Å². The SMILES string of the molecule is CCCCCCCCCCCCCC(CCO)C(=O)O. The summed E-state index contributed by atoms with van der Waals surface area (Å²) in [5.41, 5.74) is 0. The lowest BCUT2D eigenvalue weighted by Crippen LogP contribution is -2.15. The van der Waals surface area contributed by atoms with E-state index in [0.29, 0.717) is 12.8 Å². The van der Waals surface area contributed by atoms with Crippen molar-refractivity contribution in [2.24, 2.45) is 5.92 Å². The molecule has 2 N–H and O–H groups in total. The van der Waals surface area contributed by atoms with Crippen molar-refractivity contribution in [3.8, 4) is 0 Å². The molecular weight excluding hydrogens is 252 g/mol. The van der Waals surface area contributed by atoms with Gasteiger partial charge in [-0.2, -0.15) is 0 Å². The molecule has 3 heteroatoms. The molecule has 0 aromatic carbocycles. The van der Waals surface area contributed by atoms with Gasteiger partial charge in [-0.05, 0) is 12.8 Å². The molecule has 0 aliphatic rings. The zero-order chi connectivity index (χ0) is 15.1. The number of hydrogen-bond acceptors (Lipinski definition) is 2. The Labute approximate surface area is 124 Å². The first-order chi connectivity index (χ1) is 9.72. The Balaban J connectivity index is 3.25. The van der Waals surface area contributed by atoms with E-state index in [1.54, 1.807) is 0 Å². The normalized spacial score (nSPS) is 12.5. The van der Waals surface area contributed by atoms with Crippen molar-refractivity contribution in [3.05, 3.63) is 0 Å². The third kappa shape index (κ3) is 12.5. The van der Waals surface area contributed by atoms with Gasteiger partial charge in [0.15, 0.2) is 0 Å². The predicted molar refractivity (Wildman–Crippen MR) is 83.9 cm³/mol. The monoisotopic (exact) mass is 286 g/mol. The van der Waals surface area contributed by atoms with Crippen LogP contribution in [-0.2, 0) is 4.79 Å². The molecule has 1 atom stereocenters. The fourth-order valence-corrected chi connectivity index (χ4v) is 2.60. The largest absolute Gasteiger partial charge is 0.481 e. The second-order valence-corrected chi connectivity index (χ2v) is 5.87. The van der Waals surface area contributed by atoms with Crippen molar-refractivity contribution >= 4 is 5.97 Å². The van der Waals surface area contributed by atoms with Crippen LogP contribution in [-0.4, -0.2) is 22.8 Å². The molecule has 0 aliphatic heterocycles. The van der Waals surface area contributed by atoms with E-state index in [-0.39, 0.29) is 12.5 Å². The molecule has 0 spiro atoms. The maximum Gasteiger partial charge on any atom is 0.306 e. The third-order valence-corrected chi connectivity index (χ3v) is 3.98. The highest BCUT2D eigenvalue weighted by Gasteiger charge is 2.15. The van der Waals surface area contributed by atoms with E-state index in [1.807, 2.05) is 0 Å². The van der Waals surface area contributed by atoms with Crippen molar-refractivity contribution in [2.75, 3.05) is 6.61 Å². The van der Waals surface area contributed by atoms with Crippen LogP contribution in [0.5, 0.6) is 0 Å². The van der Waals surface area contributed by atoms with Gasteiger partial charge in [-0.1, -0.05) is 77.6 Å². The smallest absolute Gasteiger partial charge is 0.306 e. The average molecular weight is 286 g/mol. The third-order valence-electron chi connectivity index (χ3n) is 3.98. The molecule has 3 nitrogen and oxygen atoms in total. The van der Waals surface area contributed by atoms with E-state index in [4.69, 9.17) is 10.2 Å². The molecule has 20 heavy (non-hydrogen) atoms. The molecule has 0 fully saturated rings. The van der Waals surface area contributed by atoms with E-state index < -0.39 is 5.97 Å². The molecule has 0 bridgehead atoms. The van der Waals surface area contributed by atoms with Crippen LogP contribution in [0.2, 0.25) is 0 Å². The number of aliphatic carboxylic acids is 1. The number of hydrogen-bond donors (Lipinski definition) is 2. The average Bonchev–Trinajstić information content (AvgIpc) is 2.43. The van der Waals surface area contributed by atoms with Gasteiger partial charge in [-0.25, -0.2) is 0 Å². The van der Waals surface area contributed by atoms with Gasteiger partial charge < -0.3 is 10.2 Å². The number of aliphatic hydroxyl groups excluding tert-OH is 1. The highest BCUT2D eigenvalue weighted by molar-refractivity contribution is 5.69. The van der Waals surface area contributed by atoms with E-state index in [2.05, 4.69) is 6.92 Å². The molecule has 0 aliphatic carbocycles. The Morgan fingerprint density at radius 1 is 0.800 bits per heavy atom. The second kappa shape index (κ2) is 14.8. The molecule has 1 unspecified atom stereocenters. The van der Waals surface area contributed by atoms with Crippen LogP contribution >= 0.6 is 0 Å². The Kier molecular flexibility index (Phi) is 14.4. The Bertz CT molecular complexity index is 216. The van der Waals surface area contributed by atoms with Gasteiger partial charge in [0.1, 0.15) is 0 Å². The summed E-state index contributed by atoms with van der Waals surface area (Å²) in [7, 11) is 0. The van der Waals surface area contributed by atoms with Gasteiger partial charge >= 0.3 is 5.97 Å². The minimum atomic E-state index is -0.758. The molecule has 0 saturated heterocycles. The molecule has 0 heterocycles. The molecular formula is C17H34O3. The van der Waals surface area contributed by atoms with Gasteiger partial charge in [0.05, 0.1) is 5.92 Å². The molecule has 0 aromatic heterocycles. The van der Waals surface area contributed by atoms with Crippen LogP contribution in [0.15, 0.2) is 0 Å². The van der Waals surface area contributed by atoms with Crippen LogP contribution < -0.4 is 0 Å². The summed E-state index contributed by atoms with van der Waals surface area (Å²) in [6.45, 7) is 2.23. The topological polar surface area (TPSA) is 57.5 Å². The van der Waals surface area contributed by atoms with Crippen LogP contribution in [0, 0.1) is 5.92 Å². The van der Waals surface area contributed by atoms with E-state index >= 15 is 0 Å². The van der Waals surface area contributed by atoms with Crippen molar-refractivity contribution in [3.63, 3.8) is 0 Å². The summed E-state index contributed by atoms with van der Waals surface area (Å²) >= 11 is 0. The first-order valence-corrected chi connectivity index (χ1v) is 8.56. The van der Waals surface area contributed by atoms with E-state index in [9.17, 15) is 4.79 Å². The lowest BCUT2D eigenvalue weighted by Gasteiger charge is -2.10. The van der Waals surface area contributed by atoms with Crippen molar-refractivity contribution < 1.29 is 15.0 Å².